The molecule has 0 unspecified atom stereocenters. The predicted octanol–water partition coefficient (Wildman–Crippen LogP) is 0.568. The maximum atomic E-state index is 12.8. The van der Waals surface area contributed by atoms with Crippen molar-refractivity contribution < 1.29 is 23.5 Å². The Hall–Kier alpha value is -2.61. The van der Waals surface area contributed by atoms with Crippen LogP contribution in [-0.4, -0.2) is 43.6 Å². The van der Waals surface area contributed by atoms with Gasteiger partial charge in [0.05, 0.1) is 25.9 Å². The summed E-state index contributed by atoms with van der Waals surface area (Å²) in [6, 6.07) is 6.64. The van der Waals surface area contributed by atoms with Crippen LogP contribution in [0.25, 0.3) is 0 Å². The maximum absolute atomic E-state index is 12.8. The lowest BCUT2D eigenvalue weighted by Crippen LogP contribution is -2.60. The normalized spacial score (nSPS) is 16.9. The van der Waals surface area contributed by atoms with Crippen LogP contribution in [0.4, 0.5) is 5.82 Å². The first-order chi connectivity index (χ1) is 11.4. The Kier molecular flexibility index (Phi) is 4.15. The first kappa shape index (κ1) is 16.3. The van der Waals surface area contributed by atoms with Crippen molar-refractivity contribution in [2.24, 2.45) is 0 Å². The summed E-state index contributed by atoms with van der Waals surface area (Å²) in [6.07, 6.45) is 0. The molecule has 0 amide bonds. The van der Waals surface area contributed by atoms with E-state index in [1.807, 2.05) is 18.7 Å². The summed E-state index contributed by atoms with van der Waals surface area (Å²) in [5.74, 6) is 0.427. The van der Waals surface area contributed by atoms with Gasteiger partial charge in [0, 0.05) is 0 Å². The summed E-state index contributed by atoms with van der Waals surface area (Å²) in [4.78, 5) is 26.8. The molecular formula is C16H20N3O5+. The van der Waals surface area contributed by atoms with Gasteiger partial charge in [-0.3, -0.25) is 4.52 Å². The topological polar surface area (TPSA) is 88.7 Å². The quantitative estimate of drug-likeness (QED) is 0.826. The number of hydrogen-bond acceptors (Lipinski definition) is 6. The minimum Gasteiger partial charge on any atom is -0.497 e. The number of nitrogens with zero attached hydrogens (tertiary/aromatic N) is 2. The molecule has 0 bridgehead atoms. The molecule has 8 heteroatoms. The van der Waals surface area contributed by atoms with E-state index in [0.29, 0.717) is 31.1 Å². The van der Waals surface area contributed by atoms with Gasteiger partial charge in [0.15, 0.2) is 0 Å². The second-order valence-electron chi connectivity index (χ2n) is 6.19. The van der Waals surface area contributed by atoms with E-state index < -0.39 is 11.2 Å². The molecule has 1 aromatic carbocycles. The van der Waals surface area contributed by atoms with Crippen LogP contribution in [0.15, 0.2) is 33.6 Å². The Bertz CT molecular complexity index is 791. The van der Waals surface area contributed by atoms with Gasteiger partial charge < -0.3 is 9.47 Å². The zero-order valence-corrected chi connectivity index (χ0v) is 13.9. The van der Waals surface area contributed by atoms with Crippen LogP contribution in [0.3, 0.4) is 0 Å². The molecule has 24 heavy (non-hydrogen) atoms. The van der Waals surface area contributed by atoms with Gasteiger partial charge >= 0.3 is 17.4 Å². The number of ether oxygens (including phenoxy) is 2. The van der Waals surface area contributed by atoms with Crippen LogP contribution in [0.1, 0.15) is 24.2 Å². The zero-order valence-electron chi connectivity index (χ0n) is 13.9. The predicted molar refractivity (Wildman–Crippen MR) is 84.5 cm³/mol. The molecule has 0 radical (unpaired) electrons. The van der Waals surface area contributed by atoms with E-state index in [4.69, 9.17) is 14.0 Å². The summed E-state index contributed by atoms with van der Waals surface area (Å²) in [7, 11) is 1.55. The van der Waals surface area contributed by atoms with E-state index in [1.165, 1.54) is 0 Å². The van der Waals surface area contributed by atoms with Crippen molar-refractivity contribution in [3.63, 3.8) is 0 Å². The fourth-order valence-corrected chi connectivity index (χ4v) is 2.75. The molecule has 1 saturated heterocycles. The Balaban J connectivity index is 2.00. The number of anilines is 1. The molecule has 1 aromatic heterocycles. The number of carbonyl (C=O) groups is 1. The molecular weight excluding hydrogens is 314 g/mol. The number of morpholine rings is 1. The summed E-state index contributed by atoms with van der Waals surface area (Å²) in [5, 5.41) is 2.40. The third-order valence-electron chi connectivity index (χ3n) is 4.06. The molecule has 0 saturated carbocycles. The highest BCUT2D eigenvalue weighted by Gasteiger charge is 2.44. The number of methoxy groups -OCH3 is 1. The van der Waals surface area contributed by atoms with Crippen molar-refractivity contribution in [1.29, 1.82) is 0 Å². The monoisotopic (exact) mass is 334 g/mol. The molecule has 128 valence electrons. The lowest BCUT2D eigenvalue weighted by atomic mass is 10.0. The number of nitrogens with one attached hydrogen (secondary N) is 1. The molecule has 1 fully saturated rings. The lowest BCUT2D eigenvalue weighted by molar-refractivity contribution is -0.634. The van der Waals surface area contributed by atoms with E-state index in [0.717, 1.165) is 4.68 Å². The molecule has 0 aliphatic carbocycles. The third kappa shape index (κ3) is 2.80. The van der Waals surface area contributed by atoms with E-state index in [1.54, 1.807) is 31.4 Å². The van der Waals surface area contributed by atoms with Gasteiger partial charge in [0.2, 0.25) is 0 Å². The standard InChI is InChI=1S/C16H19N3O5/c1-16(2)10-23-9-8-18(16)13-15(21)24-17-19(13)14(20)11-4-6-12(22-3)7-5-11/h4-7H,8-10H2,1-3H3/p+1. The number of rotatable bonds is 3. The highest BCUT2D eigenvalue weighted by molar-refractivity contribution is 5.87. The molecule has 3 rings (SSSR count). The second kappa shape index (κ2) is 6.12. The average Bonchev–Trinajstić information content (AvgIpc) is 2.95. The van der Waals surface area contributed by atoms with Crippen molar-refractivity contribution in [3.05, 3.63) is 40.2 Å². The smallest absolute Gasteiger partial charge is 0.450 e. The zero-order chi connectivity index (χ0) is 17.3. The van der Waals surface area contributed by atoms with Crippen LogP contribution in [0.5, 0.6) is 5.75 Å². The van der Waals surface area contributed by atoms with Crippen molar-refractivity contribution in [1.82, 2.24) is 5.27 Å². The van der Waals surface area contributed by atoms with Crippen molar-refractivity contribution in [2.45, 2.75) is 19.4 Å². The van der Waals surface area contributed by atoms with Gasteiger partial charge in [-0.2, -0.15) is 0 Å². The fraction of sp³-hybridized carbons (Fsp3) is 0.438. The van der Waals surface area contributed by atoms with Gasteiger partial charge in [0.1, 0.15) is 17.8 Å². The van der Waals surface area contributed by atoms with Gasteiger partial charge in [-0.05, 0) is 42.8 Å². The van der Waals surface area contributed by atoms with E-state index in [-0.39, 0.29) is 11.7 Å². The number of hydrogen-bond donors (Lipinski definition) is 1. The fourth-order valence-electron chi connectivity index (χ4n) is 2.75. The van der Waals surface area contributed by atoms with E-state index in [9.17, 15) is 9.59 Å². The van der Waals surface area contributed by atoms with Crippen molar-refractivity contribution in [2.75, 3.05) is 31.8 Å². The molecule has 0 atom stereocenters. The Labute approximate surface area is 138 Å². The molecule has 1 aliphatic rings. The van der Waals surface area contributed by atoms with Gasteiger partial charge in [-0.25, -0.2) is 14.5 Å². The van der Waals surface area contributed by atoms with Crippen LogP contribution in [0.2, 0.25) is 0 Å². The first-order valence-electron chi connectivity index (χ1n) is 7.62. The molecule has 0 spiro atoms. The van der Waals surface area contributed by atoms with E-state index >= 15 is 0 Å². The molecule has 2 heterocycles. The Morgan fingerprint density at radius 2 is 2.04 bits per heavy atom. The van der Waals surface area contributed by atoms with Crippen molar-refractivity contribution >= 4 is 11.7 Å². The highest BCUT2D eigenvalue weighted by atomic mass is 16.5. The van der Waals surface area contributed by atoms with Crippen LogP contribution >= 0.6 is 0 Å². The molecule has 1 N–H and O–H groups in total. The van der Waals surface area contributed by atoms with Gasteiger partial charge in [-0.15, -0.1) is 0 Å². The molecule has 8 nitrogen and oxygen atoms in total. The van der Waals surface area contributed by atoms with Crippen molar-refractivity contribution in [3.8, 4) is 5.75 Å². The first-order valence-corrected chi connectivity index (χ1v) is 7.62. The Morgan fingerprint density at radius 1 is 1.33 bits per heavy atom. The number of H-pyrrole nitrogens is 1. The number of aromatic amines is 1. The largest absolute Gasteiger partial charge is 0.497 e. The summed E-state index contributed by atoms with van der Waals surface area (Å²) in [6.45, 7) is 5.31. The SMILES string of the molecule is COc1ccc(C(=O)[n+]2[nH]oc(=O)c2N2CCOCC2(C)C)cc1. The summed E-state index contributed by atoms with van der Waals surface area (Å²) >= 11 is 0. The van der Waals surface area contributed by atoms with Crippen LogP contribution in [-0.2, 0) is 4.74 Å². The van der Waals surface area contributed by atoms with Crippen LogP contribution in [0, 0.1) is 0 Å². The van der Waals surface area contributed by atoms with Gasteiger partial charge in [0.25, 0.3) is 0 Å². The highest BCUT2D eigenvalue weighted by Crippen LogP contribution is 2.22. The minimum absolute atomic E-state index is 0.170. The number of aromatic nitrogens is 2. The Morgan fingerprint density at radius 3 is 2.67 bits per heavy atom. The summed E-state index contributed by atoms with van der Waals surface area (Å²) < 4.78 is 16.6. The summed E-state index contributed by atoms with van der Waals surface area (Å²) in [5.41, 5.74) is -0.617. The minimum atomic E-state index is -0.591. The molecule has 1 aliphatic heterocycles. The van der Waals surface area contributed by atoms with Crippen LogP contribution < -0.4 is 19.9 Å². The average molecular weight is 334 g/mol. The van der Waals surface area contributed by atoms with E-state index in [2.05, 4.69) is 5.27 Å². The molecule has 2 aromatic rings. The lowest BCUT2D eigenvalue weighted by Gasteiger charge is -2.35. The maximum Gasteiger partial charge on any atom is 0.450 e. The van der Waals surface area contributed by atoms with Gasteiger partial charge in [-0.1, -0.05) is 5.27 Å². The number of carbonyl (C=O) groups excluding carboxylic acids is 1. The third-order valence-corrected chi connectivity index (χ3v) is 4.06. The second-order valence-corrected chi connectivity index (χ2v) is 6.19. The number of benzene rings is 1.